The molecule has 0 atom stereocenters. The van der Waals surface area contributed by atoms with Crippen LogP contribution in [0.15, 0.2) is 29.1 Å². The van der Waals surface area contributed by atoms with Crippen LogP contribution in [0.2, 0.25) is 0 Å². The summed E-state index contributed by atoms with van der Waals surface area (Å²) in [6.07, 6.45) is 1.54. The molecule has 0 saturated carbocycles. The van der Waals surface area contributed by atoms with E-state index in [1.54, 1.807) is 45.3 Å². The van der Waals surface area contributed by atoms with Gasteiger partial charge in [0.2, 0.25) is 5.91 Å². The van der Waals surface area contributed by atoms with E-state index in [9.17, 15) is 19.6 Å². The minimum absolute atomic E-state index is 0.0828. The van der Waals surface area contributed by atoms with E-state index in [1.807, 2.05) is 12.1 Å². The molecular weight excluding hydrogens is 390 g/mol. The third kappa shape index (κ3) is 4.92. The number of nitriles is 1. The van der Waals surface area contributed by atoms with Crippen molar-refractivity contribution in [2.75, 3.05) is 23.8 Å². The van der Waals surface area contributed by atoms with Gasteiger partial charge in [0.15, 0.2) is 5.57 Å². The topological polar surface area (TPSA) is 107 Å². The monoisotopic (exact) mass is 413 g/mol. The number of hydrogen-bond donors (Lipinski definition) is 2. The summed E-state index contributed by atoms with van der Waals surface area (Å²) in [5.74, 6) is -0.595. The van der Waals surface area contributed by atoms with Gasteiger partial charge in [-0.15, -0.1) is 11.3 Å². The predicted octanol–water partition coefficient (Wildman–Crippen LogP) is 0.573. The van der Waals surface area contributed by atoms with Crippen LogP contribution in [0.4, 0.5) is 11.4 Å². The fraction of sp³-hybridized carbons (Fsp3) is 0.300. The number of amides is 2. The smallest absolute Gasteiger partial charge is 0.270 e. The van der Waals surface area contributed by atoms with E-state index < -0.39 is 5.91 Å². The Kier molecular flexibility index (Phi) is 7.33. The van der Waals surface area contributed by atoms with Crippen molar-refractivity contribution in [1.82, 2.24) is 9.88 Å². The molecule has 9 heteroatoms. The lowest BCUT2D eigenvalue weighted by molar-refractivity contribution is -0.116. The van der Waals surface area contributed by atoms with Gasteiger partial charge >= 0.3 is 0 Å². The van der Waals surface area contributed by atoms with Crippen LogP contribution >= 0.6 is 11.3 Å². The molecule has 0 radical (unpaired) electrons. The van der Waals surface area contributed by atoms with Gasteiger partial charge in [0, 0.05) is 44.6 Å². The quantitative estimate of drug-likeness (QED) is 0.720. The van der Waals surface area contributed by atoms with Crippen LogP contribution in [0.25, 0.3) is 11.8 Å². The number of carbonyl (C=O) groups excluding carboxylic acids is 2. The molecular formula is C20H23N5O3S. The summed E-state index contributed by atoms with van der Waals surface area (Å²) in [7, 11) is 1.68. The highest BCUT2D eigenvalue weighted by Crippen LogP contribution is 2.18. The second kappa shape index (κ2) is 9.71. The molecule has 0 unspecified atom stereocenters. The predicted molar refractivity (Wildman–Crippen MR) is 115 cm³/mol. The minimum atomic E-state index is -0.502. The Morgan fingerprint density at radius 2 is 2.07 bits per heavy atom. The second-order valence-corrected chi connectivity index (χ2v) is 7.11. The first-order valence-electron chi connectivity index (χ1n) is 9.07. The first-order chi connectivity index (χ1) is 13.8. The average Bonchev–Trinajstić information content (AvgIpc) is 3.02. The average molecular weight is 414 g/mol. The lowest BCUT2D eigenvalue weighted by atomic mass is 10.2. The Labute approximate surface area is 172 Å². The molecule has 1 heterocycles. The molecule has 0 bridgehead atoms. The van der Waals surface area contributed by atoms with Gasteiger partial charge in [-0.1, -0.05) is 6.07 Å². The Bertz CT molecular complexity index is 1140. The number of rotatable bonds is 6. The van der Waals surface area contributed by atoms with Gasteiger partial charge in [0.25, 0.3) is 11.5 Å². The van der Waals surface area contributed by atoms with Crippen LogP contribution in [-0.4, -0.2) is 30.0 Å². The third-order valence-corrected chi connectivity index (χ3v) is 5.32. The molecule has 0 aliphatic carbocycles. The van der Waals surface area contributed by atoms with E-state index in [2.05, 4.69) is 10.6 Å². The molecule has 0 saturated heterocycles. The third-order valence-electron chi connectivity index (χ3n) is 4.19. The summed E-state index contributed by atoms with van der Waals surface area (Å²) in [5.41, 5.74) is 1.04. The molecule has 152 valence electrons. The van der Waals surface area contributed by atoms with Crippen LogP contribution in [0.3, 0.4) is 0 Å². The van der Waals surface area contributed by atoms with Crippen molar-refractivity contribution < 1.29 is 9.59 Å². The summed E-state index contributed by atoms with van der Waals surface area (Å²) < 4.78 is 2.10. The van der Waals surface area contributed by atoms with E-state index in [0.717, 1.165) is 11.3 Å². The van der Waals surface area contributed by atoms with Crippen molar-refractivity contribution in [3.8, 4) is 6.07 Å². The molecule has 0 aliphatic heterocycles. The fourth-order valence-electron chi connectivity index (χ4n) is 2.57. The first kappa shape index (κ1) is 21.9. The molecule has 2 rings (SSSR count). The maximum absolute atomic E-state index is 12.7. The summed E-state index contributed by atoms with van der Waals surface area (Å²) in [6, 6.07) is 9.10. The Balaban J connectivity index is 2.51. The molecule has 0 spiro atoms. The molecule has 0 aliphatic rings. The van der Waals surface area contributed by atoms with Crippen molar-refractivity contribution in [2.24, 2.45) is 0 Å². The molecule has 1 aromatic carbocycles. The molecule has 8 nitrogen and oxygen atoms in total. The second-order valence-electron chi connectivity index (χ2n) is 6.08. The number of anilines is 2. The van der Waals surface area contributed by atoms with Crippen LogP contribution in [0, 0.1) is 11.3 Å². The van der Waals surface area contributed by atoms with Gasteiger partial charge < -0.3 is 15.5 Å². The van der Waals surface area contributed by atoms with E-state index in [1.165, 1.54) is 16.4 Å². The van der Waals surface area contributed by atoms with E-state index >= 15 is 0 Å². The van der Waals surface area contributed by atoms with Crippen molar-refractivity contribution in [1.29, 1.82) is 5.26 Å². The zero-order valence-electron chi connectivity index (χ0n) is 16.8. The fourth-order valence-corrected chi connectivity index (χ4v) is 3.66. The number of thiazole rings is 1. The van der Waals surface area contributed by atoms with Gasteiger partial charge in [0.05, 0.1) is 0 Å². The summed E-state index contributed by atoms with van der Waals surface area (Å²) in [6.45, 7) is 5.74. The van der Waals surface area contributed by atoms with Gasteiger partial charge in [-0.25, -0.2) is 0 Å². The molecule has 0 fully saturated rings. The molecule has 29 heavy (non-hydrogen) atoms. The number of nitrogens with zero attached hydrogens (tertiary/aromatic N) is 3. The molecule has 2 amide bonds. The van der Waals surface area contributed by atoms with E-state index in [-0.39, 0.29) is 17.0 Å². The Morgan fingerprint density at radius 1 is 1.34 bits per heavy atom. The van der Waals surface area contributed by atoms with Crippen molar-refractivity contribution in [3.63, 3.8) is 0 Å². The summed E-state index contributed by atoms with van der Waals surface area (Å²) in [4.78, 5) is 37.9. The number of carbonyl (C=O) groups is 2. The Morgan fingerprint density at radius 3 is 2.66 bits per heavy atom. The lowest BCUT2D eigenvalue weighted by Crippen LogP contribution is -2.34. The molecule has 2 aromatic rings. The van der Waals surface area contributed by atoms with Crippen molar-refractivity contribution in [2.45, 2.75) is 27.3 Å². The lowest BCUT2D eigenvalue weighted by Gasteiger charge is -2.15. The number of nitrogens with one attached hydrogen (secondary N) is 2. The largest absolute Gasteiger partial charge is 0.360 e. The van der Waals surface area contributed by atoms with Gasteiger partial charge in [-0.05, 0) is 32.0 Å². The highest BCUT2D eigenvalue weighted by atomic mass is 32.1. The maximum atomic E-state index is 12.7. The van der Waals surface area contributed by atoms with Gasteiger partial charge in [-0.3, -0.25) is 19.0 Å². The Hall–Kier alpha value is -3.38. The standard InChI is InChI=1S/C20H23N5O3S/c1-5-22-18(27)16(11-21)20-25(6-2)19(28)17(29-20)12-23-14-8-7-9-15(10-14)24(4)13(3)26/h7-10,12,23H,5-6H2,1-4H3,(H,22,27). The highest BCUT2D eigenvalue weighted by molar-refractivity contribution is 7.07. The zero-order chi connectivity index (χ0) is 21.6. The minimum Gasteiger partial charge on any atom is -0.360 e. The van der Waals surface area contributed by atoms with Crippen LogP contribution < -0.4 is 30.3 Å². The van der Waals surface area contributed by atoms with Crippen molar-refractivity contribution >= 4 is 46.3 Å². The number of benzene rings is 1. The summed E-state index contributed by atoms with van der Waals surface area (Å²) in [5, 5.41) is 15.1. The number of hydrogen-bond acceptors (Lipinski definition) is 6. The zero-order valence-corrected chi connectivity index (χ0v) is 17.6. The van der Waals surface area contributed by atoms with Crippen LogP contribution in [-0.2, 0) is 16.1 Å². The summed E-state index contributed by atoms with van der Waals surface area (Å²) >= 11 is 1.08. The molecule has 1 aromatic heterocycles. The normalized spacial score (nSPS) is 12.2. The van der Waals surface area contributed by atoms with Gasteiger partial charge in [-0.2, -0.15) is 5.26 Å². The van der Waals surface area contributed by atoms with E-state index in [4.69, 9.17) is 0 Å². The highest BCUT2D eigenvalue weighted by Gasteiger charge is 2.14. The maximum Gasteiger partial charge on any atom is 0.270 e. The van der Waals surface area contributed by atoms with Crippen molar-refractivity contribution in [3.05, 3.63) is 43.8 Å². The van der Waals surface area contributed by atoms with Crippen LogP contribution in [0.1, 0.15) is 20.8 Å². The van der Waals surface area contributed by atoms with Crippen LogP contribution in [0.5, 0.6) is 0 Å². The van der Waals surface area contributed by atoms with Gasteiger partial charge in [0.1, 0.15) is 15.3 Å². The number of aromatic nitrogens is 1. The van der Waals surface area contributed by atoms with E-state index in [0.29, 0.717) is 33.7 Å². The SMILES string of the molecule is CCNC(=O)C(C#N)=c1sc(=CNc2cccc(N(C)C(C)=O)c2)c(=O)n1CC. The first-order valence-corrected chi connectivity index (χ1v) is 9.89. The molecule has 2 N–H and O–H groups in total.